The maximum Gasteiger partial charge on any atom is 0.233 e. The van der Waals surface area contributed by atoms with Crippen molar-refractivity contribution in [1.82, 2.24) is 19.7 Å². The first kappa shape index (κ1) is 18.0. The van der Waals surface area contributed by atoms with E-state index in [1.165, 1.54) is 24.6 Å². The second-order valence-electron chi connectivity index (χ2n) is 6.43. The quantitative estimate of drug-likeness (QED) is 0.732. The van der Waals surface area contributed by atoms with E-state index in [0.717, 1.165) is 61.2 Å². The number of thioether (sulfide) groups is 1. The molecular formula is C18H26N4O2S. The summed E-state index contributed by atoms with van der Waals surface area (Å²) < 4.78 is 7.50. The van der Waals surface area contributed by atoms with E-state index in [-0.39, 0.29) is 5.91 Å². The largest absolute Gasteiger partial charge is 0.469 e. The van der Waals surface area contributed by atoms with Crippen LogP contribution in [0, 0.1) is 6.92 Å². The van der Waals surface area contributed by atoms with Crippen LogP contribution in [0.5, 0.6) is 0 Å². The maximum absolute atomic E-state index is 12.5. The molecule has 0 radical (unpaired) electrons. The van der Waals surface area contributed by atoms with Crippen LogP contribution in [0.25, 0.3) is 11.4 Å². The van der Waals surface area contributed by atoms with Gasteiger partial charge in [0.2, 0.25) is 5.91 Å². The Morgan fingerprint density at radius 2 is 2.00 bits per heavy atom. The lowest BCUT2D eigenvalue weighted by molar-refractivity contribution is -0.128. The van der Waals surface area contributed by atoms with Gasteiger partial charge in [-0.05, 0) is 32.3 Å². The third-order valence-corrected chi connectivity index (χ3v) is 5.50. The molecule has 3 heterocycles. The molecule has 136 valence electrons. The Balaban J connectivity index is 1.70. The van der Waals surface area contributed by atoms with Crippen LogP contribution in [0.4, 0.5) is 0 Å². The molecular weight excluding hydrogens is 336 g/mol. The van der Waals surface area contributed by atoms with Crippen molar-refractivity contribution in [2.24, 2.45) is 0 Å². The van der Waals surface area contributed by atoms with Gasteiger partial charge in [-0.25, -0.2) is 0 Å². The number of aromatic nitrogens is 3. The fraction of sp³-hybridized carbons (Fsp3) is 0.611. The minimum atomic E-state index is 0.207. The summed E-state index contributed by atoms with van der Waals surface area (Å²) in [5, 5.41) is 9.49. The summed E-state index contributed by atoms with van der Waals surface area (Å²) in [6.07, 6.45) is 7.35. The Bertz CT molecular complexity index is 702. The number of hydrogen-bond acceptors (Lipinski definition) is 5. The van der Waals surface area contributed by atoms with Crippen LogP contribution in [-0.2, 0) is 11.3 Å². The Kier molecular flexibility index (Phi) is 6.18. The molecule has 1 fully saturated rings. The van der Waals surface area contributed by atoms with Gasteiger partial charge in [0, 0.05) is 19.6 Å². The molecule has 2 aromatic rings. The van der Waals surface area contributed by atoms with E-state index in [9.17, 15) is 4.79 Å². The molecule has 3 rings (SSSR count). The van der Waals surface area contributed by atoms with Gasteiger partial charge in [-0.2, -0.15) is 0 Å². The van der Waals surface area contributed by atoms with Gasteiger partial charge in [-0.1, -0.05) is 31.5 Å². The zero-order valence-electron chi connectivity index (χ0n) is 15.0. The van der Waals surface area contributed by atoms with Gasteiger partial charge in [0.05, 0.1) is 17.6 Å². The van der Waals surface area contributed by atoms with Gasteiger partial charge in [0.15, 0.2) is 11.0 Å². The van der Waals surface area contributed by atoms with Crippen LogP contribution >= 0.6 is 11.8 Å². The number of furan rings is 1. The molecule has 0 atom stereocenters. The summed E-state index contributed by atoms with van der Waals surface area (Å²) in [6, 6.07) is 1.92. The Labute approximate surface area is 153 Å². The van der Waals surface area contributed by atoms with E-state index >= 15 is 0 Å². The van der Waals surface area contributed by atoms with Gasteiger partial charge in [0.1, 0.15) is 5.76 Å². The molecule has 0 unspecified atom stereocenters. The molecule has 6 nitrogen and oxygen atoms in total. The predicted molar refractivity (Wildman–Crippen MR) is 98.5 cm³/mol. The van der Waals surface area contributed by atoms with Gasteiger partial charge >= 0.3 is 0 Å². The number of hydrogen-bond donors (Lipinski definition) is 0. The van der Waals surface area contributed by atoms with Crippen molar-refractivity contribution in [3.63, 3.8) is 0 Å². The van der Waals surface area contributed by atoms with Crippen LogP contribution in [0.2, 0.25) is 0 Å². The van der Waals surface area contributed by atoms with E-state index in [0.29, 0.717) is 5.75 Å². The lowest BCUT2D eigenvalue weighted by atomic mass is 10.2. The van der Waals surface area contributed by atoms with Crippen LogP contribution in [-0.4, -0.2) is 44.4 Å². The summed E-state index contributed by atoms with van der Waals surface area (Å²) in [5.41, 5.74) is 0.964. The van der Waals surface area contributed by atoms with Crippen LogP contribution < -0.4 is 0 Å². The number of nitrogens with zero attached hydrogens (tertiary/aromatic N) is 4. The second kappa shape index (κ2) is 8.56. The highest BCUT2D eigenvalue weighted by Crippen LogP contribution is 2.27. The van der Waals surface area contributed by atoms with Gasteiger partial charge in [-0.3, -0.25) is 4.79 Å². The maximum atomic E-state index is 12.5. The van der Waals surface area contributed by atoms with Crippen molar-refractivity contribution in [3.8, 4) is 11.4 Å². The molecule has 1 aliphatic rings. The third kappa shape index (κ3) is 4.26. The number of likely N-dealkylation sites (tertiary alicyclic amines) is 1. The third-order valence-electron chi connectivity index (χ3n) is 4.55. The molecule has 1 aliphatic heterocycles. The Morgan fingerprint density at radius 1 is 1.24 bits per heavy atom. The monoisotopic (exact) mass is 362 g/mol. The number of amides is 1. The first-order chi connectivity index (χ1) is 12.2. The average molecular weight is 362 g/mol. The van der Waals surface area contributed by atoms with Crippen molar-refractivity contribution >= 4 is 17.7 Å². The standard InChI is InChI=1S/C18H26N4O2S/c1-3-9-22-17(15-8-12-24-14(15)2)19-20-18(22)25-13-16(23)21-10-6-4-5-7-11-21/h8,12H,3-7,9-11,13H2,1-2H3. The molecule has 25 heavy (non-hydrogen) atoms. The SMILES string of the molecule is CCCn1c(SCC(=O)N2CCCCCC2)nnc1-c1ccoc1C. The summed E-state index contributed by atoms with van der Waals surface area (Å²) in [6.45, 7) is 6.66. The predicted octanol–water partition coefficient (Wildman–Crippen LogP) is 3.75. The number of rotatable bonds is 6. The van der Waals surface area contributed by atoms with E-state index < -0.39 is 0 Å². The minimum Gasteiger partial charge on any atom is -0.469 e. The molecule has 0 N–H and O–H groups in total. The Morgan fingerprint density at radius 3 is 2.64 bits per heavy atom. The highest BCUT2D eigenvalue weighted by Gasteiger charge is 2.20. The van der Waals surface area contributed by atoms with E-state index in [4.69, 9.17) is 4.42 Å². The lowest BCUT2D eigenvalue weighted by Crippen LogP contribution is -2.33. The molecule has 2 aromatic heterocycles. The van der Waals surface area contributed by atoms with Gasteiger partial charge < -0.3 is 13.9 Å². The Hall–Kier alpha value is -1.76. The normalized spacial score (nSPS) is 15.4. The summed E-state index contributed by atoms with van der Waals surface area (Å²) in [5.74, 6) is 2.28. The molecule has 7 heteroatoms. The smallest absolute Gasteiger partial charge is 0.233 e. The molecule has 0 aliphatic carbocycles. The van der Waals surface area contributed by atoms with Crippen LogP contribution in [0.1, 0.15) is 44.8 Å². The van der Waals surface area contributed by atoms with E-state index in [1.54, 1.807) is 6.26 Å². The average Bonchev–Trinajstić information content (AvgIpc) is 3.08. The van der Waals surface area contributed by atoms with Crippen molar-refractivity contribution in [2.75, 3.05) is 18.8 Å². The highest BCUT2D eigenvalue weighted by atomic mass is 32.2. The molecule has 0 aromatic carbocycles. The van der Waals surface area contributed by atoms with Crippen LogP contribution in [0.3, 0.4) is 0 Å². The van der Waals surface area contributed by atoms with Crippen molar-refractivity contribution < 1.29 is 9.21 Å². The van der Waals surface area contributed by atoms with Gasteiger partial charge in [-0.15, -0.1) is 10.2 Å². The van der Waals surface area contributed by atoms with Crippen LogP contribution in [0.15, 0.2) is 21.9 Å². The zero-order valence-corrected chi connectivity index (χ0v) is 15.8. The summed E-state index contributed by atoms with van der Waals surface area (Å²) in [7, 11) is 0. The summed E-state index contributed by atoms with van der Waals surface area (Å²) >= 11 is 1.49. The number of aryl methyl sites for hydroxylation is 1. The minimum absolute atomic E-state index is 0.207. The summed E-state index contributed by atoms with van der Waals surface area (Å²) in [4.78, 5) is 14.5. The topological polar surface area (TPSA) is 64.2 Å². The molecule has 0 bridgehead atoms. The molecule has 0 spiro atoms. The molecule has 1 amide bonds. The van der Waals surface area contributed by atoms with Crippen molar-refractivity contribution in [2.45, 2.75) is 57.7 Å². The second-order valence-corrected chi connectivity index (χ2v) is 7.37. The zero-order chi connectivity index (χ0) is 17.6. The first-order valence-electron chi connectivity index (χ1n) is 9.09. The number of carbonyl (C=O) groups excluding carboxylic acids is 1. The fourth-order valence-electron chi connectivity index (χ4n) is 3.17. The molecule has 1 saturated heterocycles. The fourth-order valence-corrected chi connectivity index (χ4v) is 4.04. The number of carbonyl (C=O) groups is 1. The van der Waals surface area contributed by atoms with E-state index in [1.807, 2.05) is 17.9 Å². The highest BCUT2D eigenvalue weighted by molar-refractivity contribution is 7.99. The van der Waals surface area contributed by atoms with Crippen molar-refractivity contribution in [1.29, 1.82) is 0 Å². The van der Waals surface area contributed by atoms with Gasteiger partial charge in [0.25, 0.3) is 0 Å². The first-order valence-corrected chi connectivity index (χ1v) is 10.1. The van der Waals surface area contributed by atoms with Crippen molar-refractivity contribution in [3.05, 3.63) is 18.1 Å². The lowest BCUT2D eigenvalue weighted by Gasteiger charge is -2.19. The van der Waals surface area contributed by atoms with E-state index in [2.05, 4.69) is 21.7 Å². The molecule has 0 saturated carbocycles.